The summed E-state index contributed by atoms with van der Waals surface area (Å²) in [5.41, 5.74) is -0.00815. The predicted octanol–water partition coefficient (Wildman–Crippen LogP) is 2.00. The molecule has 0 aromatic carbocycles. The van der Waals surface area contributed by atoms with E-state index in [0.717, 1.165) is 13.0 Å². The summed E-state index contributed by atoms with van der Waals surface area (Å²) in [4.78, 5) is 0. The molecule has 0 radical (unpaired) electrons. The van der Waals surface area contributed by atoms with Crippen molar-refractivity contribution < 1.29 is 4.74 Å². The monoisotopic (exact) mass is 134 g/mol. The van der Waals surface area contributed by atoms with Gasteiger partial charge in [-0.1, -0.05) is 18.5 Å². The average molecular weight is 135 g/mol. The normalized spacial score (nSPS) is 39.8. The molecule has 0 aromatic rings. The van der Waals surface area contributed by atoms with Gasteiger partial charge >= 0.3 is 0 Å². The van der Waals surface area contributed by atoms with Crippen LogP contribution in [-0.4, -0.2) is 12.2 Å². The van der Waals surface area contributed by atoms with Crippen LogP contribution in [-0.2, 0) is 4.74 Å². The quantitative estimate of drug-likeness (QED) is 0.461. The smallest absolute Gasteiger partial charge is 0.131 e. The molecule has 0 amide bonds. The van der Waals surface area contributed by atoms with Crippen LogP contribution in [0.15, 0.2) is 0 Å². The molecule has 1 aliphatic heterocycles. The minimum absolute atomic E-state index is 0.00815. The molecule has 1 rings (SSSR count). The van der Waals surface area contributed by atoms with Crippen LogP contribution in [0.25, 0.3) is 0 Å². The van der Waals surface area contributed by atoms with Crippen molar-refractivity contribution in [2.45, 2.75) is 25.3 Å². The molecule has 0 spiro atoms. The van der Waals surface area contributed by atoms with Crippen molar-refractivity contribution in [2.24, 2.45) is 5.92 Å². The fraction of sp³-hybridized carbons (Fsp3) is 1.00. The van der Waals surface area contributed by atoms with Crippen molar-refractivity contribution in [3.8, 4) is 0 Å². The molecular formula is C6H11ClO. The van der Waals surface area contributed by atoms with E-state index in [1.54, 1.807) is 0 Å². The Bertz CT molecular complexity index is 56.9. The minimum Gasteiger partial charge on any atom is -0.362 e. The number of ether oxygens (including phenoxy) is 1. The Morgan fingerprint density at radius 2 is 2.25 bits per heavy atom. The molecule has 1 saturated heterocycles. The average Bonchev–Trinajstić information content (AvgIpc) is 1.77. The Hall–Kier alpha value is 0.250. The summed E-state index contributed by atoms with van der Waals surface area (Å²) in [6.45, 7) is 3.02. The summed E-state index contributed by atoms with van der Waals surface area (Å²) in [6, 6.07) is 0. The fourth-order valence-corrected chi connectivity index (χ4v) is 1.05. The van der Waals surface area contributed by atoms with E-state index in [1.165, 1.54) is 6.42 Å². The molecular weight excluding hydrogens is 124 g/mol. The standard InChI is InChI=1S/C6H11ClO/c1-5-2-3-6(7)8-4-5/h5-6H,2-4H2,1H3/t5?,6-/m0/s1. The third kappa shape index (κ3) is 1.64. The fourth-order valence-electron chi connectivity index (χ4n) is 0.851. The first-order chi connectivity index (χ1) is 3.79. The van der Waals surface area contributed by atoms with E-state index in [2.05, 4.69) is 6.92 Å². The third-order valence-corrected chi connectivity index (χ3v) is 1.79. The first-order valence-electron chi connectivity index (χ1n) is 3.04. The molecule has 1 unspecified atom stereocenters. The summed E-state index contributed by atoms with van der Waals surface area (Å²) in [7, 11) is 0. The number of hydrogen-bond acceptors (Lipinski definition) is 1. The van der Waals surface area contributed by atoms with Crippen molar-refractivity contribution in [2.75, 3.05) is 6.61 Å². The van der Waals surface area contributed by atoms with Crippen LogP contribution in [0.4, 0.5) is 0 Å². The van der Waals surface area contributed by atoms with E-state index in [4.69, 9.17) is 16.3 Å². The van der Waals surface area contributed by atoms with Crippen LogP contribution < -0.4 is 0 Å². The SMILES string of the molecule is CC1CC[C@@H](Cl)OC1. The lowest BCUT2D eigenvalue weighted by atomic mass is 10.1. The Morgan fingerprint density at radius 1 is 1.50 bits per heavy atom. The molecule has 1 aliphatic rings. The van der Waals surface area contributed by atoms with Crippen LogP contribution in [0, 0.1) is 5.92 Å². The van der Waals surface area contributed by atoms with E-state index in [0.29, 0.717) is 5.92 Å². The van der Waals surface area contributed by atoms with Crippen LogP contribution in [0.5, 0.6) is 0 Å². The number of rotatable bonds is 0. The molecule has 0 aliphatic carbocycles. The Morgan fingerprint density at radius 3 is 2.62 bits per heavy atom. The Labute approximate surface area is 55.0 Å². The molecule has 48 valence electrons. The van der Waals surface area contributed by atoms with Gasteiger partial charge in [0.1, 0.15) is 5.56 Å². The van der Waals surface area contributed by atoms with Crippen molar-refractivity contribution in [1.29, 1.82) is 0 Å². The highest BCUT2D eigenvalue weighted by atomic mass is 35.5. The lowest BCUT2D eigenvalue weighted by Gasteiger charge is -2.21. The molecule has 0 bridgehead atoms. The zero-order chi connectivity index (χ0) is 5.98. The largest absolute Gasteiger partial charge is 0.362 e. The van der Waals surface area contributed by atoms with Gasteiger partial charge in [0.2, 0.25) is 0 Å². The zero-order valence-corrected chi connectivity index (χ0v) is 5.82. The van der Waals surface area contributed by atoms with Gasteiger partial charge < -0.3 is 4.74 Å². The van der Waals surface area contributed by atoms with Crippen LogP contribution in [0.1, 0.15) is 19.8 Å². The summed E-state index contributed by atoms with van der Waals surface area (Å²) in [6.07, 6.45) is 2.23. The number of alkyl halides is 1. The van der Waals surface area contributed by atoms with Gasteiger partial charge in [0.25, 0.3) is 0 Å². The van der Waals surface area contributed by atoms with Crippen molar-refractivity contribution >= 4 is 11.6 Å². The van der Waals surface area contributed by atoms with Gasteiger partial charge in [-0.3, -0.25) is 0 Å². The van der Waals surface area contributed by atoms with Crippen LogP contribution in [0.3, 0.4) is 0 Å². The Kier molecular flexibility index (Phi) is 2.15. The second-order valence-electron chi connectivity index (χ2n) is 2.43. The number of hydrogen-bond donors (Lipinski definition) is 0. The molecule has 8 heavy (non-hydrogen) atoms. The summed E-state index contributed by atoms with van der Waals surface area (Å²) < 4.78 is 5.16. The van der Waals surface area contributed by atoms with Gasteiger partial charge in [0.15, 0.2) is 0 Å². The summed E-state index contributed by atoms with van der Waals surface area (Å²) >= 11 is 5.66. The van der Waals surface area contributed by atoms with E-state index < -0.39 is 0 Å². The van der Waals surface area contributed by atoms with Gasteiger partial charge in [-0.25, -0.2) is 0 Å². The van der Waals surface area contributed by atoms with E-state index in [-0.39, 0.29) is 5.56 Å². The van der Waals surface area contributed by atoms with E-state index in [9.17, 15) is 0 Å². The zero-order valence-electron chi connectivity index (χ0n) is 5.06. The molecule has 1 fully saturated rings. The highest BCUT2D eigenvalue weighted by molar-refractivity contribution is 6.19. The van der Waals surface area contributed by atoms with E-state index in [1.807, 2.05) is 0 Å². The lowest BCUT2D eigenvalue weighted by molar-refractivity contribution is 0.0356. The van der Waals surface area contributed by atoms with Crippen molar-refractivity contribution in [3.63, 3.8) is 0 Å². The van der Waals surface area contributed by atoms with Crippen LogP contribution >= 0.6 is 11.6 Å². The second kappa shape index (κ2) is 2.70. The summed E-state index contributed by atoms with van der Waals surface area (Å²) in [5, 5.41) is 0. The second-order valence-corrected chi connectivity index (χ2v) is 2.91. The third-order valence-electron chi connectivity index (χ3n) is 1.45. The molecule has 0 N–H and O–H groups in total. The molecule has 0 aromatic heterocycles. The highest BCUT2D eigenvalue weighted by Gasteiger charge is 2.15. The highest BCUT2D eigenvalue weighted by Crippen LogP contribution is 2.19. The van der Waals surface area contributed by atoms with Gasteiger partial charge in [0, 0.05) is 0 Å². The molecule has 2 atom stereocenters. The molecule has 0 saturated carbocycles. The molecule has 1 nitrogen and oxygen atoms in total. The number of halogens is 1. The maximum absolute atomic E-state index is 5.66. The predicted molar refractivity (Wildman–Crippen MR) is 34.0 cm³/mol. The minimum atomic E-state index is -0.00815. The van der Waals surface area contributed by atoms with Crippen molar-refractivity contribution in [1.82, 2.24) is 0 Å². The van der Waals surface area contributed by atoms with Gasteiger partial charge in [-0.05, 0) is 18.8 Å². The first-order valence-corrected chi connectivity index (χ1v) is 3.48. The lowest BCUT2D eigenvalue weighted by Crippen LogP contribution is -2.19. The van der Waals surface area contributed by atoms with E-state index >= 15 is 0 Å². The molecule has 1 heterocycles. The first kappa shape index (κ1) is 6.37. The maximum Gasteiger partial charge on any atom is 0.131 e. The van der Waals surface area contributed by atoms with Gasteiger partial charge in [-0.15, -0.1) is 0 Å². The maximum atomic E-state index is 5.66. The van der Waals surface area contributed by atoms with Crippen molar-refractivity contribution in [3.05, 3.63) is 0 Å². The Balaban J connectivity index is 2.19. The molecule has 2 heteroatoms. The van der Waals surface area contributed by atoms with Crippen LogP contribution in [0.2, 0.25) is 0 Å². The van der Waals surface area contributed by atoms with Gasteiger partial charge in [0.05, 0.1) is 6.61 Å². The topological polar surface area (TPSA) is 9.23 Å². The van der Waals surface area contributed by atoms with Gasteiger partial charge in [-0.2, -0.15) is 0 Å². The summed E-state index contributed by atoms with van der Waals surface area (Å²) in [5.74, 6) is 0.713.